The first-order valence-corrected chi connectivity index (χ1v) is 9.91. The highest BCUT2D eigenvalue weighted by Crippen LogP contribution is 2.19. The molecule has 1 aliphatic rings. The Morgan fingerprint density at radius 3 is 2.69 bits per heavy atom. The molecule has 1 saturated heterocycles. The van der Waals surface area contributed by atoms with Gasteiger partial charge in [-0.3, -0.25) is 14.4 Å². The zero-order valence-corrected chi connectivity index (χ0v) is 16.4. The van der Waals surface area contributed by atoms with Gasteiger partial charge in [0.1, 0.15) is 5.01 Å². The Kier molecular flexibility index (Phi) is 7.50. The van der Waals surface area contributed by atoms with Crippen LogP contribution < -0.4 is 10.6 Å². The van der Waals surface area contributed by atoms with Crippen LogP contribution in [-0.4, -0.2) is 52.0 Å². The molecule has 0 aromatic carbocycles. The van der Waals surface area contributed by atoms with Crippen molar-refractivity contribution in [2.75, 3.05) is 18.4 Å². The number of hydrogen-bond acceptors (Lipinski definition) is 6. The standard InChI is InChI=1S/C17H27N5O3S/c1-4-14-20-21-17(26-14)19-13(23)7-8-15(24)22-9-5-6-12(10-22)16(25)18-11(2)3/h11-12H,4-10H2,1-3H3,(H,18,25)(H,19,21,23). The van der Waals surface area contributed by atoms with E-state index in [0.29, 0.717) is 18.2 Å². The molecule has 8 nitrogen and oxygen atoms in total. The second kappa shape index (κ2) is 9.61. The first kappa shape index (κ1) is 20.3. The van der Waals surface area contributed by atoms with Gasteiger partial charge < -0.3 is 15.5 Å². The number of nitrogens with zero attached hydrogens (tertiary/aromatic N) is 3. The molecule has 1 aromatic rings. The minimum atomic E-state index is -0.247. The van der Waals surface area contributed by atoms with Gasteiger partial charge in [0.15, 0.2) is 0 Å². The van der Waals surface area contributed by atoms with Crippen LogP contribution in [0.2, 0.25) is 0 Å². The van der Waals surface area contributed by atoms with Gasteiger partial charge in [0.05, 0.1) is 5.92 Å². The minimum absolute atomic E-state index is 0.00163. The molecule has 2 heterocycles. The van der Waals surface area contributed by atoms with Gasteiger partial charge in [0.25, 0.3) is 0 Å². The highest BCUT2D eigenvalue weighted by Gasteiger charge is 2.28. The van der Waals surface area contributed by atoms with Gasteiger partial charge in [-0.1, -0.05) is 18.3 Å². The number of rotatable bonds is 7. The van der Waals surface area contributed by atoms with E-state index >= 15 is 0 Å². The number of amides is 3. The maximum absolute atomic E-state index is 12.4. The third-order valence-electron chi connectivity index (χ3n) is 4.16. The van der Waals surface area contributed by atoms with Crippen LogP contribution in [0.1, 0.15) is 51.5 Å². The van der Waals surface area contributed by atoms with E-state index in [1.165, 1.54) is 11.3 Å². The van der Waals surface area contributed by atoms with Crippen LogP contribution in [-0.2, 0) is 20.8 Å². The van der Waals surface area contributed by atoms with Crippen molar-refractivity contribution in [2.24, 2.45) is 5.92 Å². The predicted octanol–water partition coefficient (Wildman–Crippen LogP) is 1.58. The Labute approximate surface area is 157 Å². The first-order valence-electron chi connectivity index (χ1n) is 9.09. The van der Waals surface area contributed by atoms with Crippen LogP contribution in [0.15, 0.2) is 0 Å². The average Bonchev–Trinajstić information content (AvgIpc) is 3.06. The Morgan fingerprint density at radius 2 is 2.04 bits per heavy atom. The molecule has 144 valence electrons. The van der Waals surface area contributed by atoms with Gasteiger partial charge in [-0.2, -0.15) is 0 Å². The Bertz CT molecular complexity index is 646. The summed E-state index contributed by atoms with van der Waals surface area (Å²) < 4.78 is 0. The van der Waals surface area contributed by atoms with Crippen LogP contribution in [0, 0.1) is 5.92 Å². The van der Waals surface area contributed by atoms with Crippen molar-refractivity contribution < 1.29 is 14.4 Å². The molecule has 1 atom stereocenters. The van der Waals surface area contributed by atoms with Gasteiger partial charge in [0, 0.05) is 32.0 Å². The van der Waals surface area contributed by atoms with Crippen LogP contribution in [0.3, 0.4) is 0 Å². The van der Waals surface area contributed by atoms with E-state index in [0.717, 1.165) is 24.3 Å². The highest BCUT2D eigenvalue weighted by atomic mass is 32.1. The number of piperidine rings is 1. The van der Waals surface area contributed by atoms with Gasteiger partial charge in [0.2, 0.25) is 22.9 Å². The lowest BCUT2D eigenvalue weighted by Gasteiger charge is -2.32. The lowest BCUT2D eigenvalue weighted by molar-refractivity contribution is -0.137. The summed E-state index contributed by atoms with van der Waals surface area (Å²) in [5.41, 5.74) is 0. The number of likely N-dealkylation sites (tertiary alicyclic amines) is 1. The predicted molar refractivity (Wildman–Crippen MR) is 99.7 cm³/mol. The quantitative estimate of drug-likeness (QED) is 0.746. The van der Waals surface area contributed by atoms with Crippen molar-refractivity contribution in [3.63, 3.8) is 0 Å². The van der Waals surface area contributed by atoms with E-state index in [4.69, 9.17) is 0 Å². The van der Waals surface area contributed by atoms with Crippen molar-refractivity contribution in [3.05, 3.63) is 5.01 Å². The summed E-state index contributed by atoms with van der Waals surface area (Å²) in [5, 5.41) is 14.7. The van der Waals surface area contributed by atoms with E-state index in [9.17, 15) is 14.4 Å². The molecule has 0 spiro atoms. The maximum atomic E-state index is 12.4. The number of carbonyl (C=O) groups is 3. The molecule has 1 fully saturated rings. The van der Waals surface area contributed by atoms with Crippen molar-refractivity contribution >= 4 is 34.2 Å². The zero-order valence-electron chi connectivity index (χ0n) is 15.6. The third kappa shape index (κ3) is 6.05. The summed E-state index contributed by atoms with van der Waals surface area (Å²) in [6, 6.07) is 0.0887. The highest BCUT2D eigenvalue weighted by molar-refractivity contribution is 7.15. The Hall–Kier alpha value is -2.03. The van der Waals surface area contributed by atoms with Crippen LogP contribution in [0.5, 0.6) is 0 Å². The summed E-state index contributed by atoms with van der Waals surface area (Å²) in [6.07, 6.45) is 2.59. The van der Waals surface area contributed by atoms with E-state index in [1.807, 2.05) is 20.8 Å². The van der Waals surface area contributed by atoms with Crippen LogP contribution >= 0.6 is 11.3 Å². The van der Waals surface area contributed by atoms with Gasteiger partial charge in [-0.05, 0) is 33.1 Å². The monoisotopic (exact) mass is 381 g/mol. The van der Waals surface area contributed by atoms with E-state index in [2.05, 4.69) is 20.8 Å². The number of anilines is 1. The van der Waals surface area contributed by atoms with E-state index in [-0.39, 0.29) is 42.5 Å². The van der Waals surface area contributed by atoms with Crippen LogP contribution in [0.25, 0.3) is 0 Å². The fourth-order valence-corrected chi connectivity index (χ4v) is 3.52. The smallest absolute Gasteiger partial charge is 0.226 e. The number of nitrogens with one attached hydrogen (secondary N) is 2. The molecule has 26 heavy (non-hydrogen) atoms. The molecular formula is C17H27N5O3S. The fourth-order valence-electron chi connectivity index (χ4n) is 2.83. The summed E-state index contributed by atoms with van der Waals surface area (Å²) in [7, 11) is 0. The largest absolute Gasteiger partial charge is 0.354 e. The molecule has 1 aromatic heterocycles. The average molecular weight is 382 g/mol. The molecule has 0 aliphatic carbocycles. The normalized spacial score (nSPS) is 17.2. The van der Waals surface area contributed by atoms with Crippen molar-refractivity contribution in [1.29, 1.82) is 0 Å². The lowest BCUT2D eigenvalue weighted by Crippen LogP contribution is -2.46. The number of hydrogen-bond donors (Lipinski definition) is 2. The molecular weight excluding hydrogens is 354 g/mol. The molecule has 0 radical (unpaired) electrons. The second-order valence-corrected chi connectivity index (χ2v) is 7.81. The van der Waals surface area contributed by atoms with E-state index in [1.54, 1.807) is 4.90 Å². The van der Waals surface area contributed by atoms with Gasteiger partial charge in [-0.25, -0.2) is 0 Å². The number of aromatic nitrogens is 2. The molecule has 0 bridgehead atoms. The first-order chi connectivity index (χ1) is 12.4. The topological polar surface area (TPSA) is 104 Å². The molecule has 2 N–H and O–H groups in total. The number of aryl methyl sites for hydroxylation is 1. The fraction of sp³-hybridized carbons (Fsp3) is 0.706. The molecule has 9 heteroatoms. The van der Waals surface area contributed by atoms with E-state index < -0.39 is 0 Å². The zero-order chi connectivity index (χ0) is 19.1. The lowest BCUT2D eigenvalue weighted by atomic mass is 9.96. The SMILES string of the molecule is CCc1nnc(NC(=O)CCC(=O)N2CCCC(C(=O)NC(C)C)C2)s1. The minimum Gasteiger partial charge on any atom is -0.354 e. The molecule has 1 aliphatic heterocycles. The summed E-state index contributed by atoms with van der Waals surface area (Å²) in [4.78, 5) is 38.2. The summed E-state index contributed by atoms with van der Waals surface area (Å²) in [6.45, 7) is 6.88. The van der Waals surface area contributed by atoms with Crippen molar-refractivity contribution in [2.45, 2.75) is 58.9 Å². The van der Waals surface area contributed by atoms with Crippen molar-refractivity contribution in [1.82, 2.24) is 20.4 Å². The van der Waals surface area contributed by atoms with Gasteiger partial charge in [-0.15, -0.1) is 10.2 Å². The summed E-state index contributed by atoms with van der Waals surface area (Å²) in [5.74, 6) is -0.506. The third-order valence-corrected chi connectivity index (χ3v) is 5.14. The van der Waals surface area contributed by atoms with Gasteiger partial charge >= 0.3 is 0 Å². The number of carbonyl (C=O) groups excluding carboxylic acids is 3. The van der Waals surface area contributed by atoms with Crippen molar-refractivity contribution in [3.8, 4) is 0 Å². The Balaban J connectivity index is 1.77. The second-order valence-electron chi connectivity index (χ2n) is 6.74. The van der Waals surface area contributed by atoms with Crippen LogP contribution in [0.4, 0.5) is 5.13 Å². The maximum Gasteiger partial charge on any atom is 0.226 e. The molecule has 1 unspecified atom stereocenters. The molecule has 3 amide bonds. The molecule has 0 saturated carbocycles. The molecule has 2 rings (SSSR count). The Morgan fingerprint density at radius 1 is 1.27 bits per heavy atom. The summed E-state index contributed by atoms with van der Waals surface area (Å²) >= 11 is 1.34.